The number of nitrogens with one attached hydrogen (secondary N) is 1. The Balaban J connectivity index is 1.79. The zero-order chi connectivity index (χ0) is 23.3. The number of carbonyl (C=O) groups excluding carboxylic acids is 2. The van der Waals surface area contributed by atoms with Gasteiger partial charge in [-0.2, -0.15) is 0 Å². The lowest BCUT2D eigenvalue weighted by Gasteiger charge is -2.29. The van der Waals surface area contributed by atoms with Crippen LogP contribution < -0.4 is 10.1 Å². The monoisotopic (exact) mass is 516 g/mol. The van der Waals surface area contributed by atoms with Crippen LogP contribution in [0.15, 0.2) is 65.1 Å². The van der Waals surface area contributed by atoms with E-state index in [2.05, 4.69) is 21.2 Å². The number of hydrogen-bond donors (Lipinski definition) is 1. The molecule has 0 heterocycles. The van der Waals surface area contributed by atoms with Gasteiger partial charge in [-0.15, -0.1) is 0 Å². The van der Waals surface area contributed by atoms with Crippen molar-refractivity contribution in [2.24, 2.45) is 0 Å². The Bertz CT molecular complexity index is 1120. The first kappa shape index (κ1) is 24.1. The van der Waals surface area contributed by atoms with E-state index in [1.165, 1.54) is 4.90 Å². The van der Waals surface area contributed by atoms with Gasteiger partial charge in [-0.25, -0.2) is 0 Å². The number of ether oxygens (including phenoxy) is 1. The molecular weight excluding hydrogens is 492 g/mol. The van der Waals surface area contributed by atoms with Crippen LogP contribution in [0.2, 0.25) is 5.02 Å². The zero-order valence-electron chi connectivity index (χ0n) is 18.3. The third-order valence-electron chi connectivity index (χ3n) is 5.02. The van der Waals surface area contributed by atoms with Crippen LogP contribution in [0.3, 0.4) is 0 Å². The van der Waals surface area contributed by atoms with Crippen molar-refractivity contribution in [1.29, 1.82) is 0 Å². The molecule has 1 N–H and O–H groups in total. The SMILES string of the molecule is CC(C)NC(=O)C(C)N(Cc1cccc(Cl)c1)C(=O)COc1ccc2ccccc2c1Br. The topological polar surface area (TPSA) is 58.6 Å². The highest BCUT2D eigenvalue weighted by Crippen LogP contribution is 2.33. The summed E-state index contributed by atoms with van der Waals surface area (Å²) in [4.78, 5) is 27.3. The number of amides is 2. The normalized spacial score (nSPS) is 11.9. The largest absolute Gasteiger partial charge is 0.483 e. The van der Waals surface area contributed by atoms with Crippen molar-refractivity contribution in [3.8, 4) is 5.75 Å². The first-order chi connectivity index (χ1) is 15.3. The second-order valence-electron chi connectivity index (χ2n) is 7.88. The van der Waals surface area contributed by atoms with E-state index >= 15 is 0 Å². The van der Waals surface area contributed by atoms with E-state index in [4.69, 9.17) is 16.3 Å². The second kappa shape index (κ2) is 10.8. The third-order valence-corrected chi connectivity index (χ3v) is 6.07. The number of hydrogen-bond acceptors (Lipinski definition) is 3. The highest BCUT2D eigenvalue weighted by molar-refractivity contribution is 9.10. The molecule has 3 rings (SSSR count). The van der Waals surface area contributed by atoms with Crippen LogP contribution in [0.4, 0.5) is 0 Å². The zero-order valence-corrected chi connectivity index (χ0v) is 20.6. The summed E-state index contributed by atoms with van der Waals surface area (Å²) in [6, 6.07) is 18.2. The maximum atomic E-state index is 13.2. The van der Waals surface area contributed by atoms with Crippen molar-refractivity contribution in [3.05, 3.63) is 75.7 Å². The molecule has 0 aliphatic rings. The molecule has 0 spiro atoms. The Hall–Kier alpha value is -2.57. The molecule has 0 aromatic heterocycles. The quantitative estimate of drug-likeness (QED) is 0.425. The van der Waals surface area contributed by atoms with E-state index < -0.39 is 6.04 Å². The Kier molecular flexibility index (Phi) is 8.15. The molecule has 3 aromatic rings. The third kappa shape index (κ3) is 6.02. The smallest absolute Gasteiger partial charge is 0.261 e. The van der Waals surface area contributed by atoms with Crippen LogP contribution in [0.5, 0.6) is 5.75 Å². The highest BCUT2D eigenvalue weighted by atomic mass is 79.9. The lowest BCUT2D eigenvalue weighted by molar-refractivity contribution is -0.142. The van der Waals surface area contributed by atoms with Gasteiger partial charge in [0.25, 0.3) is 5.91 Å². The molecular formula is C25H26BrClN2O3. The van der Waals surface area contributed by atoms with Gasteiger partial charge in [0.15, 0.2) is 6.61 Å². The van der Waals surface area contributed by atoms with Crippen molar-refractivity contribution in [2.75, 3.05) is 6.61 Å². The van der Waals surface area contributed by atoms with Gasteiger partial charge in [0.1, 0.15) is 11.8 Å². The van der Waals surface area contributed by atoms with Crippen LogP contribution in [-0.4, -0.2) is 35.4 Å². The van der Waals surface area contributed by atoms with Crippen LogP contribution in [0.1, 0.15) is 26.3 Å². The predicted octanol–water partition coefficient (Wildman–Crippen LogP) is 5.58. The summed E-state index contributed by atoms with van der Waals surface area (Å²) in [5, 5.41) is 5.51. The predicted molar refractivity (Wildman–Crippen MR) is 132 cm³/mol. The molecule has 0 saturated heterocycles. The summed E-state index contributed by atoms with van der Waals surface area (Å²) in [5.41, 5.74) is 0.835. The first-order valence-electron chi connectivity index (χ1n) is 10.4. The van der Waals surface area contributed by atoms with Crippen molar-refractivity contribution in [2.45, 2.75) is 39.4 Å². The Morgan fingerprint density at radius 3 is 2.53 bits per heavy atom. The lowest BCUT2D eigenvalue weighted by atomic mass is 10.1. The fourth-order valence-electron chi connectivity index (χ4n) is 3.37. The molecule has 3 aromatic carbocycles. The van der Waals surface area contributed by atoms with Gasteiger partial charge < -0.3 is 15.0 Å². The van der Waals surface area contributed by atoms with Gasteiger partial charge in [0, 0.05) is 17.6 Å². The van der Waals surface area contributed by atoms with Crippen LogP contribution >= 0.6 is 27.5 Å². The molecule has 7 heteroatoms. The van der Waals surface area contributed by atoms with Crippen molar-refractivity contribution in [1.82, 2.24) is 10.2 Å². The summed E-state index contributed by atoms with van der Waals surface area (Å²) in [6.45, 7) is 5.53. The molecule has 5 nitrogen and oxygen atoms in total. The highest BCUT2D eigenvalue weighted by Gasteiger charge is 2.27. The number of benzene rings is 3. The molecule has 0 fully saturated rings. The summed E-state index contributed by atoms with van der Waals surface area (Å²) in [5.74, 6) is 0.0535. The van der Waals surface area contributed by atoms with Gasteiger partial charge in [-0.3, -0.25) is 9.59 Å². The van der Waals surface area contributed by atoms with E-state index in [0.29, 0.717) is 10.8 Å². The molecule has 32 heavy (non-hydrogen) atoms. The summed E-state index contributed by atoms with van der Waals surface area (Å²) >= 11 is 9.69. The standard InChI is InChI=1S/C25H26BrClN2O3/c1-16(2)28-25(31)17(3)29(14-18-7-6-9-20(27)13-18)23(30)15-32-22-12-11-19-8-4-5-10-21(19)24(22)26/h4-13,16-17H,14-15H2,1-3H3,(H,28,31). The Labute approximate surface area is 201 Å². The number of carbonyl (C=O) groups is 2. The molecule has 0 radical (unpaired) electrons. The Morgan fingerprint density at radius 1 is 1.06 bits per heavy atom. The van der Waals surface area contributed by atoms with Crippen molar-refractivity contribution >= 4 is 50.1 Å². The van der Waals surface area contributed by atoms with E-state index in [9.17, 15) is 9.59 Å². The summed E-state index contributed by atoms with van der Waals surface area (Å²) in [6.07, 6.45) is 0. The van der Waals surface area contributed by atoms with Gasteiger partial charge in [0.05, 0.1) is 4.47 Å². The maximum absolute atomic E-state index is 13.2. The van der Waals surface area contributed by atoms with E-state index in [1.807, 2.05) is 62.4 Å². The maximum Gasteiger partial charge on any atom is 0.261 e. The number of rotatable bonds is 8. The molecule has 0 aliphatic heterocycles. The van der Waals surface area contributed by atoms with Crippen LogP contribution in [0.25, 0.3) is 10.8 Å². The van der Waals surface area contributed by atoms with Crippen LogP contribution in [-0.2, 0) is 16.1 Å². The minimum absolute atomic E-state index is 0.0297. The van der Waals surface area contributed by atoms with E-state index in [1.54, 1.807) is 19.1 Å². The lowest BCUT2D eigenvalue weighted by Crippen LogP contribution is -2.50. The van der Waals surface area contributed by atoms with Crippen molar-refractivity contribution in [3.63, 3.8) is 0 Å². The van der Waals surface area contributed by atoms with E-state index in [0.717, 1.165) is 20.8 Å². The van der Waals surface area contributed by atoms with Gasteiger partial charge >= 0.3 is 0 Å². The molecule has 0 saturated carbocycles. The van der Waals surface area contributed by atoms with Crippen molar-refractivity contribution < 1.29 is 14.3 Å². The van der Waals surface area contributed by atoms with Gasteiger partial charge in [-0.05, 0) is 71.2 Å². The molecule has 0 aliphatic carbocycles. The van der Waals surface area contributed by atoms with Crippen LogP contribution in [0, 0.1) is 0 Å². The summed E-state index contributed by atoms with van der Waals surface area (Å²) in [7, 11) is 0. The first-order valence-corrected chi connectivity index (χ1v) is 11.6. The summed E-state index contributed by atoms with van der Waals surface area (Å²) < 4.78 is 6.65. The fourth-order valence-corrected chi connectivity index (χ4v) is 4.19. The molecule has 1 atom stereocenters. The fraction of sp³-hybridized carbons (Fsp3) is 0.280. The molecule has 0 bridgehead atoms. The minimum Gasteiger partial charge on any atom is -0.483 e. The minimum atomic E-state index is -0.674. The number of fused-ring (bicyclic) bond motifs is 1. The number of nitrogens with zero attached hydrogens (tertiary/aromatic N) is 1. The average Bonchev–Trinajstić information content (AvgIpc) is 2.76. The number of halogens is 2. The molecule has 2 amide bonds. The average molecular weight is 518 g/mol. The van der Waals surface area contributed by atoms with E-state index in [-0.39, 0.29) is 31.0 Å². The van der Waals surface area contributed by atoms with Gasteiger partial charge in [-0.1, -0.05) is 54.1 Å². The van der Waals surface area contributed by atoms with Gasteiger partial charge in [0.2, 0.25) is 5.91 Å². The molecule has 168 valence electrons. The molecule has 1 unspecified atom stereocenters. The second-order valence-corrected chi connectivity index (χ2v) is 9.11. The Morgan fingerprint density at radius 2 is 1.81 bits per heavy atom.